The number of aromatic nitrogens is 1. The highest BCUT2D eigenvalue weighted by molar-refractivity contribution is 7.13. The average molecular weight is 333 g/mol. The van der Waals surface area contributed by atoms with Crippen LogP contribution >= 0.6 is 11.3 Å². The molecule has 7 heteroatoms. The fourth-order valence-electron chi connectivity index (χ4n) is 2.13. The number of hydrazine groups is 1. The van der Waals surface area contributed by atoms with Gasteiger partial charge < -0.3 is 4.74 Å². The first-order valence-corrected chi connectivity index (χ1v) is 7.91. The summed E-state index contributed by atoms with van der Waals surface area (Å²) in [5.41, 5.74) is 7.46. The van der Waals surface area contributed by atoms with Gasteiger partial charge in [-0.05, 0) is 51.0 Å². The molecule has 0 spiro atoms. The van der Waals surface area contributed by atoms with Crippen molar-refractivity contribution in [2.75, 3.05) is 6.61 Å². The Morgan fingerprint density at radius 2 is 1.74 bits per heavy atom. The van der Waals surface area contributed by atoms with Gasteiger partial charge in [0, 0.05) is 0 Å². The SMILES string of the molecule is Cc1cc(C)cc(OCC(=O)NNC(=O)c2sc(C)nc2C)c1. The molecule has 0 unspecified atom stereocenters. The summed E-state index contributed by atoms with van der Waals surface area (Å²) in [6.45, 7) is 7.32. The van der Waals surface area contributed by atoms with E-state index in [2.05, 4.69) is 15.8 Å². The van der Waals surface area contributed by atoms with Crippen molar-refractivity contribution in [2.24, 2.45) is 0 Å². The molecule has 0 bridgehead atoms. The van der Waals surface area contributed by atoms with E-state index in [0.717, 1.165) is 16.1 Å². The van der Waals surface area contributed by atoms with Crippen molar-refractivity contribution >= 4 is 23.2 Å². The Hall–Kier alpha value is -2.41. The zero-order chi connectivity index (χ0) is 17.0. The molecule has 1 aromatic carbocycles. The third-order valence-corrected chi connectivity index (χ3v) is 4.06. The number of rotatable bonds is 4. The topological polar surface area (TPSA) is 80.3 Å². The van der Waals surface area contributed by atoms with E-state index in [1.165, 1.54) is 11.3 Å². The first kappa shape index (κ1) is 17.0. The number of hydrogen-bond donors (Lipinski definition) is 2. The van der Waals surface area contributed by atoms with E-state index in [0.29, 0.717) is 16.3 Å². The maximum atomic E-state index is 12.0. The third-order valence-electron chi connectivity index (χ3n) is 2.99. The van der Waals surface area contributed by atoms with Crippen molar-refractivity contribution < 1.29 is 14.3 Å². The number of nitrogens with one attached hydrogen (secondary N) is 2. The van der Waals surface area contributed by atoms with E-state index in [1.807, 2.05) is 39.0 Å². The average Bonchev–Trinajstić information content (AvgIpc) is 2.80. The second kappa shape index (κ2) is 7.23. The van der Waals surface area contributed by atoms with Crippen molar-refractivity contribution in [2.45, 2.75) is 27.7 Å². The Balaban J connectivity index is 1.83. The molecule has 0 aliphatic heterocycles. The van der Waals surface area contributed by atoms with Gasteiger partial charge in [0.05, 0.1) is 10.7 Å². The van der Waals surface area contributed by atoms with Gasteiger partial charge in [0.2, 0.25) is 0 Å². The molecule has 0 atom stereocenters. The summed E-state index contributed by atoms with van der Waals surface area (Å²) >= 11 is 1.28. The Morgan fingerprint density at radius 1 is 1.09 bits per heavy atom. The molecule has 23 heavy (non-hydrogen) atoms. The summed E-state index contributed by atoms with van der Waals surface area (Å²) < 4.78 is 5.42. The van der Waals surface area contributed by atoms with Crippen molar-refractivity contribution in [1.82, 2.24) is 15.8 Å². The summed E-state index contributed by atoms with van der Waals surface area (Å²) in [6.07, 6.45) is 0. The fraction of sp³-hybridized carbons (Fsp3) is 0.312. The van der Waals surface area contributed by atoms with Crippen LogP contribution in [0.15, 0.2) is 18.2 Å². The van der Waals surface area contributed by atoms with Gasteiger partial charge in [0.25, 0.3) is 11.8 Å². The summed E-state index contributed by atoms with van der Waals surface area (Å²) in [7, 11) is 0. The quantitative estimate of drug-likeness (QED) is 0.841. The summed E-state index contributed by atoms with van der Waals surface area (Å²) in [6, 6.07) is 5.72. The third kappa shape index (κ3) is 4.79. The number of amides is 2. The number of thiazole rings is 1. The lowest BCUT2D eigenvalue weighted by Gasteiger charge is -2.09. The molecule has 0 saturated carbocycles. The van der Waals surface area contributed by atoms with Crippen LogP contribution in [0, 0.1) is 27.7 Å². The van der Waals surface area contributed by atoms with Crippen LogP contribution in [0.5, 0.6) is 5.75 Å². The van der Waals surface area contributed by atoms with Gasteiger partial charge in [0.15, 0.2) is 6.61 Å². The molecule has 1 heterocycles. The molecule has 2 amide bonds. The van der Waals surface area contributed by atoms with Crippen LogP contribution in [0.3, 0.4) is 0 Å². The van der Waals surface area contributed by atoms with Gasteiger partial charge in [-0.25, -0.2) is 4.98 Å². The minimum absolute atomic E-state index is 0.177. The molecule has 122 valence electrons. The summed E-state index contributed by atoms with van der Waals surface area (Å²) in [4.78, 5) is 28.4. The van der Waals surface area contributed by atoms with Crippen molar-refractivity contribution in [3.63, 3.8) is 0 Å². The summed E-state index contributed by atoms with van der Waals surface area (Å²) in [5, 5.41) is 0.803. The minimum atomic E-state index is -0.434. The lowest BCUT2D eigenvalue weighted by molar-refractivity contribution is -0.123. The Kier molecular flexibility index (Phi) is 5.33. The number of ether oxygens (including phenoxy) is 1. The first-order valence-electron chi connectivity index (χ1n) is 7.09. The van der Waals surface area contributed by atoms with Gasteiger partial charge in [-0.3, -0.25) is 20.4 Å². The van der Waals surface area contributed by atoms with E-state index < -0.39 is 5.91 Å². The molecular weight excluding hydrogens is 314 g/mol. The molecule has 2 N–H and O–H groups in total. The lowest BCUT2D eigenvalue weighted by atomic mass is 10.1. The van der Waals surface area contributed by atoms with Gasteiger partial charge in [-0.15, -0.1) is 11.3 Å². The number of hydrogen-bond acceptors (Lipinski definition) is 5. The highest BCUT2D eigenvalue weighted by Crippen LogP contribution is 2.17. The van der Waals surface area contributed by atoms with Crippen LogP contribution in [0.1, 0.15) is 31.5 Å². The smallest absolute Gasteiger partial charge is 0.281 e. The molecule has 2 rings (SSSR count). The Labute approximate surface area is 138 Å². The molecule has 1 aromatic heterocycles. The maximum absolute atomic E-state index is 12.0. The normalized spacial score (nSPS) is 10.3. The standard InChI is InChI=1S/C16H19N3O3S/c1-9-5-10(2)7-13(6-9)22-8-14(20)18-19-16(21)15-11(3)17-12(4)23-15/h5-7H,8H2,1-4H3,(H,18,20)(H,19,21). The molecule has 0 radical (unpaired) electrons. The van der Waals surface area contributed by atoms with Crippen LogP contribution in [0.25, 0.3) is 0 Å². The van der Waals surface area contributed by atoms with Crippen LogP contribution < -0.4 is 15.6 Å². The van der Waals surface area contributed by atoms with Crippen molar-refractivity contribution in [3.8, 4) is 5.75 Å². The van der Waals surface area contributed by atoms with Crippen LogP contribution in [-0.4, -0.2) is 23.4 Å². The maximum Gasteiger partial charge on any atom is 0.281 e. The predicted octanol–water partition coefficient (Wildman–Crippen LogP) is 2.22. The predicted molar refractivity (Wildman–Crippen MR) is 88.6 cm³/mol. The van der Waals surface area contributed by atoms with Gasteiger partial charge in [-0.2, -0.15) is 0 Å². The largest absolute Gasteiger partial charge is 0.484 e. The number of aryl methyl sites for hydroxylation is 4. The van der Waals surface area contributed by atoms with E-state index in [4.69, 9.17) is 4.74 Å². The highest BCUT2D eigenvalue weighted by atomic mass is 32.1. The molecule has 0 fully saturated rings. The van der Waals surface area contributed by atoms with Crippen LogP contribution in [0.2, 0.25) is 0 Å². The van der Waals surface area contributed by atoms with Gasteiger partial charge >= 0.3 is 0 Å². The highest BCUT2D eigenvalue weighted by Gasteiger charge is 2.14. The molecule has 2 aromatic rings. The van der Waals surface area contributed by atoms with Gasteiger partial charge in [0.1, 0.15) is 10.6 Å². The van der Waals surface area contributed by atoms with E-state index in [1.54, 1.807) is 6.92 Å². The molecular formula is C16H19N3O3S. The van der Waals surface area contributed by atoms with Crippen LogP contribution in [-0.2, 0) is 4.79 Å². The number of carbonyl (C=O) groups is 2. The number of nitrogens with zero attached hydrogens (tertiary/aromatic N) is 1. The van der Waals surface area contributed by atoms with Crippen LogP contribution in [0.4, 0.5) is 0 Å². The van der Waals surface area contributed by atoms with Crippen molar-refractivity contribution in [1.29, 1.82) is 0 Å². The number of benzene rings is 1. The molecule has 6 nitrogen and oxygen atoms in total. The molecule has 0 aliphatic carbocycles. The zero-order valence-electron chi connectivity index (χ0n) is 13.5. The zero-order valence-corrected chi connectivity index (χ0v) is 14.3. The Bertz CT molecular complexity index is 720. The summed E-state index contributed by atoms with van der Waals surface area (Å²) in [5.74, 6) is -0.192. The van der Waals surface area contributed by atoms with E-state index in [-0.39, 0.29) is 12.5 Å². The lowest BCUT2D eigenvalue weighted by Crippen LogP contribution is -2.43. The number of carbonyl (C=O) groups excluding carboxylic acids is 2. The second-order valence-electron chi connectivity index (χ2n) is 5.26. The monoisotopic (exact) mass is 333 g/mol. The van der Waals surface area contributed by atoms with Gasteiger partial charge in [-0.1, -0.05) is 6.07 Å². The Morgan fingerprint density at radius 3 is 2.30 bits per heavy atom. The van der Waals surface area contributed by atoms with E-state index in [9.17, 15) is 9.59 Å². The molecule has 0 aliphatic rings. The minimum Gasteiger partial charge on any atom is -0.484 e. The first-order chi connectivity index (χ1) is 10.8. The second-order valence-corrected chi connectivity index (χ2v) is 6.47. The van der Waals surface area contributed by atoms with E-state index >= 15 is 0 Å². The molecule has 0 saturated heterocycles. The fourth-order valence-corrected chi connectivity index (χ4v) is 2.94. The van der Waals surface area contributed by atoms with Crippen molar-refractivity contribution in [3.05, 3.63) is 44.9 Å².